The Morgan fingerprint density at radius 2 is 1.02 bits per heavy atom. The molecule has 224 valence electrons. The van der Waals surface area contributed by atoms with Crippen LogP contribution in [0.15, 0.2) is 54.6 Å². The predicted molar refractivity (Wildman–Crippen MR) is 146 cm³/mol. The molecule has 16 nitrogen and oxygen atoms in total. The highest BCUT2D eigenvalue weighted by Gasteiger charge is 2.18. The number of anilines is 1. The molecule has 0 aliphatic carbocycles. The third kappa shape index (κ3) is 9.37. The van der Waals surface area contributed by atoms with Gasteiger partial charge in [0, 0.05) is 30.0 Å². The van der Waals surface area contributed by atoms with Crippen LogP contribution in [0.1, 0.15) is 31.1 Å². The Labute approximate surface area is 238 Å². The number of phenols is 1. The van der Waals surface area contributed by atoms with Crippen LogP contribution in [-0.2, 0) is 14.2 Å². The fourth-order valence-corrected chi connectivity index (χ4v) is 2.99. The molecule has 0 unspecified atom stereocenters. The second-order valence-corrected chi connectivity index (χ2v) is 7.53. The minimum Gasteiger partial charge on any atom is -0.507 e. The van der Waals surface area contributed by atoms with Crippen LogP contribution in [0.4, 0.5) is 17.1 Å². The lowest BCUT2D eigenvalue weighted by atomic mass is 10.2. The average molecular weight is 590 g/mol. The number of phenolic OH excluding ortho intramolecular Hbond substituents is 1. The normalized spacial score (nSPS) is 9.45. The van der Waals surface area contributed by atoms with Crippen molar-refractivity contribution >= 4 is 35.0 Å². The highest BCUT2D eigenvalue weighted by atomic mass is 16.6. The minimum absolute atomic E-state index is 0.0363. The molecular formula is C26H27N3O13. The molecule has 3 aromatic rings. The Morgan fingerprint density at radius 1 is 0.643 bits per heavy atom. The summed E-state index contributed by atoms with van der Waals surface area (Å²) in [7, 11) is 6.48. The van der Waals surface area contributed by atoms with Crippen molar-refractivity contribution in [1.29, 1.82) is 0 Å². The molecule has 0 bridgehead atoms. The van der Waals surface area contributed by atoms with Crippen LogP contribution in [0, 0.1) is 20.2 Å². The zero-order chi connectivity index (χ0) is 32.0. The van der Waals surface area contributed by atoms with E-state index in [9.17, 15) is 39.7 Å². The number of carbonyl (C=O) groups excluding carboxylic acids is 3. The first kappa shape index (κ1) is 34.1. The molecule has 0 aromatic heterocycles. The van der Waals surface area contributed by atoms with Gasteiger partial charge in [0.25, 0.3) is 11.4 Å². The van der Waals surface area contributed by atoms with Crippen LogP contribution < -0.4 is 15.2 Å². The van der Waals surface area contributed by atoms with Crippen molar-refractivity contribution in [3.8, 4) is 17.2 Å². The van der Waals surface area contributed by atoms with E-state index in [0.717, 1.165) is 31.4 Å². The van der Waals surface area contributed by atoms with E-state index >= 15 is 0 Å². The monoisotopic (exact) mass is 589 g/mol. The first-order chi connectivity index (χ1) is 19.8. The number of aromatic hydroxyl groups is 1. The highest BCUT2D eigenvalue weighted by molar-refractivity contribution is 5.94. The maximum Gasteiger partial charge on any atom is 0.341 e. The number of non-ortho nitro benzene ring substituents is 2. The summed E-state index contributed by atoms with van der Waals surface area (Å²) >= 11 is 0. The summed E-state index contributed by atoms with van der Waals surface area (Å²) in [6.07, 6.45) is 0. The largest absolute Gasteiger partial charge is 0.507 e. The molecule has 0 radical (unpaired) electrons. The lowest BCUT2D eigenvalue weighted by Crippen LogP contribution is -2.04. The topological polar surface area (TPSA) is 230 Å². The van der Waals surface area contributed by atoms with Crippen LogP contribution in [0.2, 0.25) is 0 Å². The Hall–Kier alpha value is -5.93. The number of nitrogens with zero attached hydrogens (tertiary/aromatic N) is 2. The molecule has 0 heterocycles. The molecule has 0 saturated heterocycles. The molecule has 16 heteroatoms. The smallest absolute Gasteiger partial charge is 0.341 e. The fourth-order valence-electron chi connectivity index (χ4n) is 2.99. The van der Waals surface area contributed by atoms with Gasteiger partial charge >= 0.3 is 17.9 Å². The maximum absolute atomic E-state index is 11.2. The SMILES string of the molecule is COC(=O)c1cc(N)ccc1OC.COC(=O)c1cc([N+](=O)[O-])ccc1O.COC(=O)c1cc([N+](=O)[O-])ccc1OC. The van der Waals surface area contributed by atoms with Gasteiger partial charge in [0.2, 0.25) is 0 Å². The van der Waals surface area contributed by atoms with Gasteiger partial charge in [-0.15, -0.1) is 0 Å². The van der Waals surface area contributed by atoms with E-state index < -0.39 is 27.8 Å². The molecule has 3 rings (SSSR count). The van der Waals surface area contributed by atoms with Crippen LogP contribution in [0.3, 0.4) is 0 Å². The van der Waals surface area contributed by atoms with Gasteiger partial charge in [0.05, 0.1) is 45.4 Å². The summed E-state index contributed by atoms with van der Waals surface area (Å²) in [6.45, 7) is 0. The first-order valence-electron chi connectivity index (χ1n) is 11.3. The maximum atomic E-state index is 11.2. The van der Waals surface area contributed by atoms with Crippen molar-refractivity contribution in [2.75, 3.05) is 41.3 Å². The van der Waals surface area contributed by atoms with Gasteiger partial charge in [0.15, 0.2) is 0 Å². The number of nitro benzene ring substituents is 2. The van der Waals surface area contributed by atoms with E-state index in [2.05, 4.69) is 14.2 Å². The van der Waals surface area contributed by atoms with E-state index in [1.54, 1.807) is 12.1 Å². The van der Waals surface area contributed by atoms with Crippen molar-refractivity contribution in [2.45, 2.75) is 0 Å². The zero-order valence-corrected chi connectivity index (χ0v) is 23.0. The highest BCUT2D eigenvalue weighted by Crippen LogP contribution is 2.25. The number of hydrogen-bond acceptors (Lipinski definition) is 14. The van der Waals surface area contributed by atoms with Crippen LogP contribution in [-0.4, -0.2) is 68.4 Å². The summed E-state index contributed by atoms with van der Waals surface area (Å²) in [4.78, 5) is 53.0. The molecule has 3 N–H and O–H groups in total. The molecule has 3 aromatic carbocycles. The van der Waals surface area contributed by atoms with Crippen molar-refractivity contribution < 1.29 is 53.0 Å². The first-order valence-corrected chi connectivity index (χ1v) is 11.3. The van der Waals surface area contributed by atoms with Gasteiger partial charge in [-0.05, 0) is 30.3 Å². The number of nitro groups is 2. The Balaban J connectivity index is 0.000000316. The summed E-state index contributed by atoms with van der Waals surface area (Å²) in [5, 5.41) is 30.0. The molecule has 0 spiro atoms. The molecule has 0 aliphatic heterocycles. The van der Waals surface area contributed by atoms with Crippen molar-refractivity contribution in [1.82, 2.24) is 0 Å². The standard InChI is InChI=1S/C9H9NO5.C9H11NO3.C8H7NO5/c1-14-8-4-3-6(10(12)13)5-7(8)9(11)15-2;1-12-8-4-3-6(10)5-7(8)9(11)13-2;1-14-8(11)6-4-5(9(12)13)2-3-7(6)10/h3-5H,1-2H3;3-5H,10H2,1-2H3;2-4,10H,1H3. The molecule has 42 heavy (non-hydrogen) atoms. The molecule has 0 amide bonds. The second-order valence-electron chi connectivity index (χ2n) is 7.53. The molecule has 0 saturated carbocycles. The predicted octanol–water partition coefficient (Wildman–Crippen LogP) is 3.54. The summed E-state index contributed by atoms with van der Waals surface area (Å²) in [6, 6.07) is 11.7. The number of methoxy groups -OCH3 is 5. The van der Waals surface area contributed by atoms with Gasteiger partial charge < -0.3 is 34.5 Å². The van der Waals surface area contributed by atoms with Crippen molar-refractivity contribution in [2.24, 2.45) is 0 Å². The minimum atomic E-state index is -0.814. The molecule has 0 atom stereocenters. The molecule has 0 aliphatic rings. The van der Waals surface area contributed by atoms with E-state index in [4.69, 9.17) is 15.2 Å². The fraction of sp³-hybridized carbons (Fsp3) is 0.192. The number of carbonyl (C=O) groups is 3. The third-order valence-electron chi connectivity index (χ3n) is 5.02. The summed E-state index contributed by atoms with van der Waals surface area (Å²) < 4.78 is 23.2. The Kier molecular flexibility index (Phi) is 13.2. The second kappa shape index (κ2) is 16.2. The molecule has 0 fully saturated rings. The summed E-state index contributed by atoms with van der Waals surface area (Å²) in [5.41, 5.74) is 5.71. The lowest BCUT2D eigenvalue weighted by molar-refractivity contribution is -0.385. The number of ether oxygens (including phenoxy) is 5. The van der Waals surface area contributed by atoms with E-state index in [1.807, 2.05) is 0 Å². The van der Waals surface area contributed by atoms with Crippen molar-refractivity contribution in [3.63, 3.8) is 0 Å². The van der Waals surface area contributed by atoms with E-state index in [-0.39, 0.29) is 34.0 Å². The number of rotatable bonds is 7. The number of benzene rings is 3. The van der Waals surface area contributed by atoms with Gasteiger partial charge in [-0.3, -0.25) is 20.2 Å². The van der Waals surface area contributed by atoms with E-state index in [0.29, 0.717) is 17.0 Å². The Morgan fingerprint density at radius 3 is 1.45 bits per heavy atom. The number of hydrogen-bond donors (Lipinski definition) is 2. The van der Waals surface area contributed by atoms with Crippen LogP contribution >= 0.6 is 0 Å². The number of nitrogen functional groups attached to an aromatic ring is 1. The van der Waals surface area contributed by atoms with Crippen molar-refractivity contribution in [3.05, 3.63) is 91.5 Å². The Bertz CT molecular complexity index is 1460. The zero-order valence-electron chi connectivity index (χ0n) is 23.0. The van der Waals surface area contributed by atoms with Gasteiger partial charge in [-0.1, -0.05) is 0 Å². The lowest BCUT2D eigenvalue weighted by Gasteiger charge is -2.06. The van der Waals surface area contributed by atoms with Crippen LogP contribution in [0.5, 0.6) is 17.2 Å². The quantitative estimate of drug-likeness (QED) is 0.132. The number of nitrogens with two attached hydrogens (primary N) is 1. The van der Waals surface area contributed by atoms with Gasteiger partial charge in [0.1, 0.15) is 33.9 Å². The van der Waals surface area contributed by atoms with E-state index in [1.165, 1.54) is 46.6 Å². The van der Waals surface area contributed by atoms with Gasteiger partial charge in [-0.2, -0.15) is 0 Å². The average Bonchev–Trinajstić information content (AvgIpc) is 3.00. The van der Waals surface area contributed by atoms with Gasteiger partial charge in [-0.25, -0.2) is 14.4 Å². The van der Waals surface area contributed by atoms with Crippen LogP contribution in [0.25, 0.3) is 0 Å². The summed E-state index contributed by atoms with van der Waals surface area (Å²) in [5.74, 6) is -1.58. The number of esters is 3. The third-order valence-corrected chi connectivity index (χ3v) is 5.02. The molecular weight excluding hydrogens is 562 g/mol.